The Labute approximate surface area is 83.5 Å². The minimum atomic E-state index is -2.95. The fraction of sp³-hybridized carbons (Fsp3) is 0.222. The van der Waals surface area contributed by atoms with Gasteiger partial charge in [-0.3, -0.25) is 4.79 Å². The smallest absolute Gasteiger partial charge is 0.266 e. The second kappa shape index (κ2) is 4.00. The van der Waals surface area contributed by atoms with Crippen LogP contribution in [0.15, 0.2) is 12.1 Å². The van der Waals surface area contributed by atoms with Crippen molar-refractivity contribution < 1.29 is 18.0 Å². The molecule has 0 aliphatic rings. The van der Waals surface area contributed by atoms with Gasteiger partial charge in [0.1, 0.15) is 5.82 Å². The fourth-order valence-electron chi connectivity index (χ4n) is 1.06. The first kappa shape index (κ1) is 11.0. The van der Waals surface area contributed by atoms with Gasteiger partial charge in [0.2, 0.25) is 0 Å². The van der Waals surface area contributed by atoms with Gasteiger partial charge < -0.3 is 0 Å². The van der Waals surface area contributed by atoms with Gasteiger partial charge in [-0.25, -0.2) is 13.2 Å². The molecule has 5 heteroatoms. The van der Waals surface area contributed by atoms with E-state index in [0.29, 0.717) is 0 Å². The minimum Gasteiger partial charge on any atom is -0.294 e. The summed E-state index contributed by atoms with van der Waals surface area (Å²) in [5.41, 5.74) is -1.29. The van der Waals surface area contributed by atoms with Gasteiger partial charge in [-0.2, -0.15) is 0 Å². The first-order valence-electron chi connectivity index (χ1n) is 3.72. The summed E-state index contributed by atoms with van der Waals surface area (Å²) >= 11 is 5.50. The number of benzene rings is 1. The highest BCUT2D eigenvalue weighted by Crippen LogP contribution is 2.28. The molecule has 0 saturated heterocycles. The van der Waals surface area contributed by atoms with Gasteiger partial charge in [0.05, 0.1) is 16.1 Å². The predicted molar refractivity (Wildman–Crippen MR) is 46.4 cm³/mol. The van der Waals surface area contributed by atoms with Gasteiger partial charge >= 0.3 is 0 Å². The molecule has 0 spiro atoms. The molecule has 1 rings (SSSR count). The number of rotatable bonds is 2. The van der Waals surface area contributed by atoms with Crippen LogP contribution in [-0.4, -0.2) is 5.78 Å². The van der Waals surface area contributed by atoms with Crippen LogP contribution in [0.3, 0.4) is 0 Å². The van der Waals surface area contributed by atoms with Crippen molar-refractivity contribution in [1.29, 1.82) is 0 Å². The monoisotopic (exact) mass is 222 g/mol. The Morgan fingerprint density at radius 2 is 2.00 bits per heavy atom. The first-order valence-corrected chi connectivity index (χ1v) is 4.10. The maximum absolute atomic E-state index is 13.2. The highest BCUT2D eigenvalue weighted by molar-refractivity contribution is 6.33. The summed E-state index contributed by atoms with van der Waals surface area (Å²) in [6, 6.07) is 1.96. The third kappa shape index (κ3) is 1.90. The Morgan fingerprint density at radius 1 is 1.43 bits per heavy atom. The van der Waals surface area contributed by atoms with Gasteiger partial charge in [0, 0.05) is 0 Å². The number of halogens is 4. The fourth-order valence-corrected chi connectivity index (χ4v) is 1.34. The molecule has 0 bridgehead atoms. The number of carbonyl (C=O) groups is 1. The zero-order valence-electron chi connectivity index (χ0n) is 7.15. The molecule has 1 aromatic rings. The quantitative estimate of drug-likeness (QED) is 0.699. The van der Waals surface area contributed by atoms with Crippen molar-refractivity contribution in [2.45, 2.75) is 13.3 Å². The van der Waals surface area contributed by atoms with Crippen molar-refractivity contribution in [3.8, 4) is 0 Å². The molecule has 0 atom stereocenters. The molecule has 0 heterocycles. The molecule has 1 nitrogen and oxygen atoms in total. The molecule has 0 fully saturated rings. The predicted octanol–water partition coefficient (Wildman–Crippen LogP) is 3.62. The lowest BCUT2D eigenvalue weighted by Crippen LogP contribution is -2.02. The van der Waals surface area contributed by atoms with Crippen LogP contribution in [0, 0.1) is 5.82 Å². The van der Waals surface area contributed by atoms with Crippen LogP contribution in [-0.2, 0) is 0 Å². The van der Waals surface area contributed by atoms with Crippen molar-refractivity contribution in [1.82, 2.24) is 0 Å². The number of hydrogen-bond acceptors (Lipinski definition) is 1. The van der Waals surface area contributed by atoms with Crippen LogP contribution in [0.25, 0.3) is 0 Å². The van der Waals surface area contributed by atoms with E-state index in [-0.39, 0.29) is 5.02 Å². The van der Waals surface area contributed by atoms with Gasteiger partial charge in [-0.05, 0) is 19.1 Å². The van der Waals surface area contributed by atoms with Crippen LogP contribution in [0.5, 0.6) is 0 Å². The third-order valence-corrected chi connectivity index (χ3v) is 2.02. The molecular weight excluding hydrogens is 217 g/mol. The molecule has 0 unspecified atom stereocenters. The van der Waals surface area contributed by atoms with E-state index in [1.807, 2.05) is 0 Å². The zero-order chi connectivity index (χ0) is 10.9. The molecule has 0 aromatic heterocycles. The van der Waals surface area contributed by atoms with E-state index in [0.717, 1.165) is 19.1 Å². The average Bonchev–Trinajstić information content (AvgIpc) is 2.02. The molecule has 0 amide bonds. The number of ketones is 1. The van der Waals surface area contributed by atoms with Crippen molar-refractivity contribution >= 4 is 17.4 Å². The van der Waals surface area contributed by atoms with E-state index < -0.39 is 29.2 Å². The highest BCUT2D eigenvalue weighted by atomic mass is 35.5. The van der Waals surface area contributed by atoms with Crippen molar-refractivity contribution in [3.05, 3.63) is 34.1 Å². The van der Waals surface area contributed by atoms with E-state index in [4.69, 9.17) is 11.6 Å². The van der Waals surface area contributed by atoms with Crippen molar-refractivity contribution in [2.24, 2.45) is 0 Å². The molecule has 0 aliphatic heterocycles. The lowest BCUT2D eigenvalue weighted by molar-refractivity contribution is 0.101. The summed E-state index contributed by atoms with van der Waals surface area (Å²) in [7, 11) is 0. The topological polar surface area (TPSA) is 17.1 Å². The largest absolute Gasteiger partial charge is 0.294 e. The highest BCUT2D eigenvalue weighted by Gasteiger charge is 2.20. The lowest BCUT2D eigenvalue weighted by Gasteiger charge is -2.06. The Kier molecular flexibility index (Phi) is 3.16. The lowest BCUT2D eigenvalue weighted by atomic mass is 10.1. The van der Waals surface area contributed by atoms with E-state index in [1.54, 1.807) is 0 Å². The second-order valence-corrected chi connectivity index (χ2v) is 3.09. The molecular formula is C9H6ClF3O. The SMILES string of the molecule is CC(=O)c1c(Cl)ccc(C(F)F)c1F. The molecule has 14 heavy (non-hydrogen) atoms. The van der Waals surface area contributed by atoms with E-state index in [9.17, 15) is 18.0 Å². The van der Waals surface area contributed by atoms with Crippen LogP contribution in [0.2, 0.25) is 5.02 Å². The van der Waals surface area contributed by atoms with Crippen LogP contribution >= 0.6 is 11.6 Å². The first-order chi connectivity index (χ1) is 6.45. The summed E-state index contributed by atoms with van der Waals surface area (Å²) in [5.74, 6) is -1.91. The van der Waals surface area contributed by atoms with E-state index in [2.05, 4.69) is 0 Å². The normalized spacial score (nSPS) is 10.7. The summed E-state index contributed by atoms with van der Waals surface area (Å²) < 4.78 is 37.7. The Hall–Kier alpha value is -1.03. The molecule has 0 radical (unpaired) electrons. The Morgan fingerprint density at radius 3 is 2.43 bits per heavy atom. The van der Waals surface area contributed by atoms with Gasteiger partial charge in [0.25, 0.3) is 6.43 Å². The summed E-state index contributed by atoms with van der Waals surface area (Å²) in [4.78, 5) is 10.9. The molecule has 0 aliphatic carbocycles. The van der Waals surface area contributed by atoms with Gasteiger partial charge in [-0.1, -0.05) is 11.6 Å². The summed E-state index contributed by atoms with van der Waals surface area (Å²) in [6.45, 7) is 1.07. The molecule has 0 N–H and O–H groups in total. The van der Waals surface area contributed by atoms with E-state index in [1.165, 1.54) is 0 Å². The van der Waals surface area contributed by atoms with Gasteiger partial charge in [0.15, 0.2) is 5.78 Å². The maximum Gasteiger partial charge on any atom is 0.266 e. The number of alkyl halides is 2. The maximum atomic E-state index is 13.2. The third-order valence-electron chi connectivity index (χ3n) is 1.71. The van der Waals surface area contributed by atoms with Crippen LogP contribution in [0.4, 0.5) is 13.2 Å². The average molecular weight is 223 g/mol. The van der Waals surface area contributed by atoms with Crippen molar-refractivity contribution in [2.75, 3.05) is 0 Å². The second-order valence-electron chi connectivity index (χ2n) is 2.68. The molecule has 0 saturated carbocycles. The van der Waals surface area contributed by atoms with E-state index >= 15 is 0 Å². The van der Waals surface area contributed by atoms with Gasteiger partial charge in [-0.15, -0.1) is 0 Å². The standard InChI is InChI=1S/C9H6ClF3O/c1-4(14)7-6(10)3-2-5(8(7)11)9(12)13/h2-3,9H,1H3. The minimum absolute atomic E-state index is 0.153. The van der Waals surface area contributed by atoms with Crippen LogP contribution in [0.1, 0.15) is 29.3 Å². The van der Waals surface area contributed by atoms with Crippen molar-refractivity contribution in [3.63, 3.8) is 0 Å². The summed E-state index contributed by atoms with van der Waals surface area (Å²) in [6.07, 6.45) is -2.95. The Balaban J connectivity index is 3.41. The summed E-state index contributed by atoms with van der Waals surface area (Å²) in [5, 5.41) is -0.153. The molecule has 1 aromatic carbocycles. The number of carbonyl (C=O) groups excluding carboxylic acids is 1. The van der Waals surface area contributed by atoms with Crippen LogP contribution < -0.4 is 0 Å². The Bertz CT molecular complexity index is 377. The molecule has 76 valence electrons. The zero-order valence-corrected chi connectivity index (χ0v) is 7.91. The number of Topliss-reactive ketones (excluding diaryl/α,β-unsaturated/α-hetero) is 1. The number of hydrogen-bond donors (Lipinski definition) is 0.